The maximum atomic E-state index is 14.1. The molecule has 4 nitrogen and oxygen atoms in total. The van der Waals surface area contributed by atoms with E-state index in [0.29, 0.717) is 17.3 Å². The van der Waals surface area contributed by atoms with E-state index < -0.39 is 5.82 Å². The number of benzene rings is 2. The lowest BCUT2D eigenvalue weighted by Gasteiger charge is -2.09. The summed E-state index contributed by atoms with van der Waals surface area (Å²) in [6.45, 7) is 0.364. The monoisotopic (exact) mass is 375 g/mol. The van der Waals surface area contributed by atoms with Crippen molar-refractivity contribution < 1.29 is 14.0 Å². The molecule has 0 spiro atoms. The smallest absolute Gasteiger partial charge is 0.308 e. The average Bonchev–Trinajstić information content (AvgIpc) is 2.54. The van der Waals surface area contributed by atoms with Crippen LogP contribution in [0.3, 0.4) is 0 Å². The van der Waals surface area contributed by atoms with Crippen molar-refractivity contribution in [1.29, 1.82) is 0 Å². The second-order valence-electron chi connectivity index (χ2n) is 4.67. The molecule has 2 aromatic carbocycles. The Labute approximate surface area is 139 Å². The van der Waals surface area contributed by atoms with Crippen LogP contribution in [-0.2, 0) is 16.1 Å². The van der Waals surface area contributed by atoms with Crippen molar-refractivity contribution >= 4 is 32.9 Å². The van der Waals surface area contributed by atoms with Crippen molar-refractivity contribution in [3.63, 3.8) is 0 Å². The van der Waals surface area contributed by atoms with Gasteiger partial charge in [-0.15, -0.1) is 0 Å². The summed E-state index contributed by atoms with van der Waals surface area (Å²) in [7, 11) is 0. The molecule has 0 aliphatic rings. The second kappa shape index (κ2) is 7.63. The van der Waals surface area contributed by atoms with Gasteiger partial charge in [-0.1, -0.05) is 46.3 Å². The molecule has 0 aliphatic heterocycles. The van der Waals surface area contributed by atoms with E-state index in [2.05, 4.69) is 15.9 Å². The number of hydrogen-bond donors (Lipinski definition) is 0. The molecule has 0 bridgehead atoms. The molecule has 23 heavy (non-hydrogen) atoms. The molecule has 0 saturated heterocycles. The van der Waals surface area contributed by atoms with Gasteiger partial charge in [-0.2, -0.15) is 9.59 Å². The van der Waals surface area contributed by atoms with Gasteiger partial charge in [0, 0.05) is 16.1 Å². The molecule has 0 saturated carbocycles. The van der Waals surface area contributed by atoms with Crippen molar-refractivity contribution in [2.45, 2.75) is 6.54 Å². The molecule has 1 aromatic heterocycles. The molecule has 0 radical (unpaired) electrons. The maximum absolute atomic E-state index is 14.1. The van der Waals surface area contributed by atoms with Crippen LogP contribution in [0.15, 0.2) is 64.0 Å². The molecule has 0 unspecified atom stereocenters. The van der Waals surface area contributed by atoms with Crippen LogP contribution in [0.25, 0.3) is 10.8 Å². The van der Waals surface area contributed by atoms with E-state index in [1.54, 1.807) is 18.2 Å². The molecule has 0 fully saturated rings. The third-order valence-electron chi connectivity index (χ3n) is 3.20. The number of fused-ring (bicyclic) bond motifs is 1. The molecule has 3 aromatic rings. The minimum Gasteiger partial charge on any atom is -0.308 e. The summed E-state index contributed by atoms with van der Waals surface area (Å²) in [4.78, 5) is 28.6. The van der Waals surface area contributed by atoms with Gasteiger partial charge in [-0.25, -0.2) is 4.39 Å². The number of hydrogen-bond acceptors (Lipinski definition) is 3. The van der Waals surface area contributed by atoms with Gasteiger partial charge < -0.3 is 4.57 Å². The first-order valence-electron chi connectivity index (χ1n) is 6.58. The molecular formula is C17H11BrFNO3. The first-order valence-corrected chi connectivity index (χ1v) is 7.37. The minimum absolute atomic E-state index is 0.183. The van der Waals surface area contributed by atoms with Gasteiger partial charge in [0.15, 0.2) is 0 Å². The Kier molecular flexibility index (Phi) is 5.57. The Bertz CT molecular complexity index is 916. The van der Waals surface area contributed by atoms with Crippen LogP contribution in [0.2, 0.25) is 0 Å². The van der Waals surface area contributed by atoms with Crippen LogP contribution in [0.4, 0.5) is 4.39 Å². The van der Waals surface area contributed by atoms with Crippen LogP contribution < -0.4 is 5.56 Å². The first kappa shape index (κ1) is 16.8. The number of aromatic nitrogens is 1. The van der Waals surface area contributed by atoms with Crippen LogP contribution >= 0.6 is 15.9 Å². The van der Waals surface area contributed by atoms with E-state index in [0.717, 1.165) is 10.0 Å². The summed E-state index contributed by atoms with van der Waals surface area (Å²) in [5.74, 6) is -0.392. The van der Waals surface area contributed by atoms with E-state index in [1.807, 2.05) is 30.3 Å². The molecule has 6 heteroatoms. The summed E-state index contributed by atoms with van der Waals surface area (Å²) in [5, 5.41) is 0.734. The van der Waals surface area contributed by atoms with Crippen LogP contribution in [-0.4, -0.2) is 10.7 Å². The number of rotatable bonds is 2. The van der Waals surface area contributed by atoms with Gasteiger partial charge in [0.25, 0.3) is 5.56 Å². The van der Waals surface area contributed by atoms with Crippen molar-refractivity contribution in [3.8, 4) is 0 Å². The fourth-order valence-corrected chi connectivity index (χ4v) is 2.58. The zero-order valence-electron chi connectivity index (χ0n) is 11.8. The summed E-state index contributed by atoms with van der Waals surface area (Å²) in [6.07, 6.45) is 1.52. The molecular weight excluding hydrogens is 365 g/mol. The van der Waals surface area contributed by atoms with Crippen molar-refractivity contribution in [2.75, 3.05) is 0 Å². The zero-order chi connectivity index (χ0) is 16.8. The third-order valence-corrected chi connectivity index (χ3v) is 3.69. The first-order chi connectivity index (χ1) is 11.1. The Balaban J connectivity index is 0.000000595. The quantitative estimate of drug-likeness (QED) is 0.689. The summed E-state index contributed by atoms with van der Waals surface area (Å²) >= 11 is 3.29. The largest absolute Gasteiger partial charge is 0.373 e. The molecule has 0 aliphatic carbocycles. The SMILES string of the molecule is O=C=O.O=c1c2ccc(Br)cc2c(F)cn1Cc1ccccc1. The summed E-state index contributed by atoms with van der Waals surface area (Å²) in [6, 6.07) is 14.5. The normalized spacial score (nSPS) is 9.83. The standard InChI is InChI=1S/C16H11BrFNO.CO2/c17-12-6-7-13-14(8-12)15(18)10-19(16(13)20)9-11-4-2-1-3-5-11;2-1-3/h1-8,10H,9H2;. The Morgan fingerprint density at radius 1 is 1.04 bits per heavy atom. The van der Waals surface area contributed by atoms with Crippen LogP contribution in [0.1, 0.15) is 5.56 Å². The molecule has 116 valence electrons. The van der Waals surface area contributed by atoms with Gasteiger partial charge in [0.2, 0.25) is 0 Å². The lowest BCUT2D eigenvalue weighted by molar-refractivity contribution is -0.191. The highest BCUT2D eigenvalue weighted by atomic mass is 79.9. The predicted octanol–water partition coefficient (Wildman–Crippen LogP) is 3.37. The van der Waals surface area contributed by atoms with Gasteiger partial charge in [0.05, 0.1) is 11.9 Å². The highest BCUT2D eigenvalue weighted by molar-refractivity contribution is 9.10. The number of halogens is 2. The Morgan fingerprint density at radius 3 is 2.35 bits per heavy atom. The van der Waals surface area contributed by atoms with E-state index in [9.17, 15) is 9.18 Å². The Hall–Kier alpha value is -2.56. The topological polar surface area (TPSA) is 56.1 Å². The van der Waals surface area contributed by atoms with Gasteiger partial charge >= 0.3 is 6.15 Å². The highest BCUT2D eigenvalue weighted by Crippen LogP contribution is 2.20. The molecule has 0 atom stereocenters. The van der Waals surface area contributed by atoms with Gasteiger partial charge in [-0.3, -0.25) is 4.79 Å². The van der Waals surface area contributed by atoms with Gasteiger partial charge in [-0.05, 0) is 23.8 Å². The number of nitrogens with zero attached hydrogens (tertiary/aromatic N) is 1. The van der Waals surface area contributed by atoms with E-state index in [1.165, 1.54) is 10.8 Å². The average molecular weight is 376 g/mol. The predicted molar refractivity (Wildman–Crippen MR) is 86.4 cm³/mol. The minimum atomic E-state index is -0.392. The lowest BCUT2D eigenvalue weighted by Crippen LogP contribution is -2.21. The summed E-state index contributed by atoms with van der Waals surface area (Å²) < 4.78 is 16.3. The highest BCUT2D eigenvalue weighted by Gasteiger charge is 2.09. The van der Waals surface area contributed by atoms with E-state index in [4.69, 9.17) is 9.59 Å². The molecule has 3 rings (SSSR count). The summed E-state index contributed by atoms with van der Waals surface area (Å²) in [5.41, 5.74) is 0.781. The van der Waals surface area contributed by atoms with Crippen LogP contribution in [0.5, 0.6) is 0 Å². The second-order valence-corrected chi connectivity index (χ2v) is 5.58. The molecule has 0 N–H and O–H groups in total. The van der Waals surface area contributed by atoms with Crippen molar-refractivity contribution in [2.24, 2.45) is 0 Å². The van der Waals surface area contributed by atoms with Crippen molar-refractivity contribution in [1.82, 2.24) is 4.57 Å². The maximum Gasteiger partial charge on any atom is 0.373 e. The lowest BCUT2D eigenvalue weighted by atomic mass is 10.1. The third kappa shape index (κ3) is 4.00. The van der Waals surface area contributed by atoms with E-state index >= 15 is 0 Å². The zero-order valence-corrected chi connectivity index (χ0v) is 13.4. The number of carbonyl (C=O) groups excluding carboxylic acids is 2. The molecule has 0 amide bonds. The van der Waals surface area contributed by atoms with Gasteiger partial charge in [0.1, 0.15) is 5.82 Å². The van der Waals surface area contributed by atoms with E-state index in [-0.39, 0.29) is 11.7 Å². The van der Waals surface area contributed by atoms with Crippen LogP contribution in [0, 0.1) is 5.82 Å². The Morgan fingerprint density at radius 2 is 1.70 bits per heavy atom. The molecule has 1 heterocycles. The fourth-order valence-electron chi connectivity index (χ4n) is 2.22. The fraction of sp³-hybridized carbons (Fsp3) is 0.0588. The number of pyridine rings is 1. The van der Waals surface area contributed by atoms with Crippen molar-refractivity contribution in [3.05, 3.63) is 80.9 Å².